The number of piperidine rings is 1. The van der Waals surface area contributed by atoms with Gasteiger partial charge in [-0.1, -0.05) is 12.1 Å². The van der Waals surface area contributed by atoms with Crippen LogP contribution in [0.15, 0.2) is 51.7 Å². The number of benzene rings is 2. The minimum absolute atomic E-state index is 0.0782. The first kappa shape index (κ1) is 23.8. The van der Waals surface area contributed by atoms with E-state index in [0.29, 0.717) is 53.2 Å². The lowest BCUT2D eigenvalue weighted by atomic mass is 9.96. The summed E-state index contributed by atoms with van der Waals surface area (Å²) in [5.41, 5.74) is 6.96. The standard InChI is InChI=1S/C26H30N2O6/c1-16-24(17-3-5-20(32-2)6-4-17)25(30)22-8-7-21(13-23(22)34-16)33-15-19(29)14-28-11-9-18(10-12-28)26(27)31/h3-8,13,18-19,29H,9-12,14-15H2,1-2H3,(H2,27,31). The van der Waals surface area contributed by atoms with Crippen molar-refractivity contribution < 1.29 is 23.8 Å². The molecule has 4 rings (SSSR count). The first-order chi connectivity index (χ1) is 16.4. The number of methoxy groups -OCH3 is 1. The average Bonchev–Trinajstić information content (AvgIpc) is 2.83. The normalized spacial score (nSPS) is 15.9. The Bertz CT molecular complexity index is 1210. The van der Waals surface area contributed by atoms with Gasteiger partial charge >= 0.3 is 0 Å². The molecule has 0 radical (unpaired) electrons. The molecule has 1 aromatic heterocycles. The van der Waals surface area contributed by atoms with Gasteiger partial charge in [-0.2, -0.15) is 0 Å². The van der Waals surface area contributed by atoms with E-state index in [4.69, 9.17) is 19.6 Å². The third-order valence-corrected chi connectivity index (χ3v) is 6.32. The van der Waals surface area contributed by atoms with Crippen LogP contribution in [-0.2, 0) is 4.79 Å². The second-order valence-corrected chi connectivity index (χ2v) is 8.69. The van der Waals surface area contributed by atoms with Gasteiger partial charge in [0.15, 0.2) is 0 Å². The highest BCUT2D eigenvalue weighted by Gasteiger charge is 2.24. The number of nitrogens with two attached hydrogens (primary N) is 1. The lowest BCUT2D eigenvalue weighted by molar-refractivity contribution is -0.123. The zero-order valence-electron chi connectivity index (χ0n) is 19.5. The number of hydrogen-bond donors (Lipinski definition) is 2. The molecule has 180 valence electrons. The van der Waals surface area contributed by atoms with Crippen LogP contribution >= 0.6 is 0 Å². The second-order valence-electron chi connectivity index (χ2n) is 8.69. The van der Waals surface area contributed by atoms with Gasteiger partial charge in [-0.3, -0.25) is 9.59 Å². The summed E-state index contributed by atoms with van der Waals surface area (Å²) >= 11 is 0. The van der Waals surface area contributed by atoms with E-state index < -0.39 is 6.10 Å². The number of aliphatic hydroxyl groups is 1. The van der Waals surface area contributed by atoms with Gasteiger partial charge in [-0.25, -0.2) is 0 Å². The van der Waals surface area contributed by atoms with Crippen molar-refractivity contribution in [1.29, 1.82) is 0 Å². The largest absolute Gasteiger partial charge is 0.497 e. The second kappa shape index (κ2) is 10.3. The minimum Gasteiger partial charge on any atom is -0.497 e. The first-order valence-electron chi connectivity index (χ1n) is 11.4. The Morgan fingerprint density at radius 3 is 2.50 bits per heavy atom. The van der Waals surface area contributed by atoms with Gasteiger partial charge in [0.1, 0.15) is 35.6 Å². The molecule has 3 aromatic rings. The molecule has 1 fully saturated rings. The summed E-state index contributed by atoms with van der Waals surface area (Å²) in [4.78, 5) is 26.6. The van der Waals surface area contributed by atoms with Crippen molar-refractivity contribution in [2.45, 2.75) is 25.9 Å². The molecule has 1 aliphatic heterocycles. The maximum atomic E-state index is 13.2. The van der Waals surface area contributed by atoms with Crippen LogP contribution in [0.1, 0.15) is 18.6 Å². The van der Waals surface area contributed by atoms with Crippen molar-refractivity contribution in [1.82, 2.24) is 4.90 Å². The molecule has 8 heteroatoms. The number of β-amino-alcohol motifs (C(OH)–C–C–N with tert-alkyl or cyclic N) is 1. The van der Waals surface area contributed by atoms with Gasteiger partial charge in [-0.15, -0.1) is 0 Å². The molecule has 8 nitrogen and oxygen atoms in total. The summed E-state index contributed by atoms with van der Waals surface area (Å²) in [6.07, 6.45) is 0.738. The van der Waals surface area contributed by atoms with E-state index in [0.717, 1.165) is 18.7 Å². The Kier molecular flexibility index (Phi) is 7.19. The topological polar surface area (TPSA) is 115 Å². The number of nitrogens with zero attached hydrogens (tertiary/aromatic N) is 1. The number of likely N-dealkylation sites (tertiary alicyclic amines) is 1. The number of ether oxygens (including phenoxy) is 2. The van der Waals surface area contributed by atoms with Crippen LogP contribution in [0.25, 0.3) is 22.1 Å². The minimum atomic E-state index is -0.688. The molecule has 1 amide bonds. The van der Waals surface area contributed by atoms with Crippen LogP contribution in [0.3, 0.4) is 0 Å². The Morgan fingerprint density at radius 1 is 1.18 bits per heavy atom. The highest BCUT2D eigenvalue weighted by atomic mass is 16.5. The number of carbonyl (C=O) groups excluding carboxylic acids is 1. The van der Waals surface area contributed by atoms with Gasteiger partial charge in [0.25, 0.3) is 0 Å². The predicted octanol–water partition coefficient (Wildman–Crippen LogP) is 2.71. The maximum Gasteiger partial charge on any atom is 0.220 e. The van der Waals surface area contributed by atoms with E-state index in [1.54, 1.807) is 44.4 Å². The molecule has 1 atom stereocenters. The zero-order chi connectivity index (χ0) is 24.2. The number of primary amides is 1. The fraction of sp³-hybridized carbons (Fsp3) is 0.385. The zero-order valence-corrected chi connectivity index (χ0v) is 19.5. The van der Waals surface area contributed by atoms with Crippen molar-refractivity contribution in [3.05, 3.63) is 58.4 Å². The molecule has 2 aromatic carbocycles. The van der Waals surface area contributed by atoms with Gasteiger partial charge in [0.05, 0.1) is 18.1 Å². The Morgan fingerprint density at radius 2 is 1.85 bits per heavy atom. The SMILES string of the molecule is COc1ccc(-c2c(C)oc3cc(OCC(O)CN4CCC(C(N)=O)CC4)ccc3c2=O)cc1. The lowest BCUT2D eigenvalue weighted by Gasteiger charge is -2.31. The average molecular weight is 467 g/mol. The number of carbonyl (C=O) groups is 1. The first-order valence-corrected chi connectivity index (χ1v) is 11.4. The van der Waals surface area contributed by atoms with Crippen molar-refractivity contribution in [2.24, 2.45) is 11.7 Å². The number of amides is 1. The molecule has 34 heavy (non-hydrogen) atoms. The number of fused-ring (bicyclic) bond motifs is 1. The quantitative estimate of drug-likeness (QED) is 0.524. The van der Waals surface area contributed by atoms with Gasteiger partial charge in [0, 0.05) is 18.5 Å². The van der Waals surface area contributed by atoms with E-state index in [2.05, 4.69) is 4.90 Å². The molecule has 0 spiro atoms. The number of rotatable bonds is 8. The smallest absolute Gasteiger partial charge is 0.220 e. The fourth-order valence-corrected chi connectivity index (χ4v) is 4.41. The van der Waals surface area contributed by atoms with Crippen molar-refractivity contribution >= 4 is 16.9 Å². The number of hydrogen-bond acceptors (Lipinski definition) is 7. The van der Waals surface area contributed by atoms with Crippen molar-refractivity contribution in [2.75, 3.05) is 33.4 Å². The van der Waals surface area contributed by atoms with Crippen LogP contribution in [0.5, 0.6) is 11.5 Å². The third-order valence-electron chi connectivity index (χ3n) is 6.32. The molecule has 1 saturated heterocycles. The molecular formula is C26H30N2O6. The summed E-state index contributed by atoms with van der Waals surface area (Å²) < 4.78 is 16.9. The van der Waals surface area contributed by atoms with Gasteiger partial charge in [0.2, 0.25) is 11.3 Å². The summed E-state index contributed by atoms with van der Waals surface area (Å²) in [5.74, 6) is 1.41. The summed E-state index contributed by atoms with van der Waals surface area (Å²) in [7, 11) is 1.59. The lowest BCUT2D eigenvalue weighted by Crippen LogP contribution is -2.43. The Labute approximate surface area is 197 Å². The van der Waals surface area contributed by atoms with Crippen LogP contribution in [0.4, 0.5) is 0 Å². The molecule has 0 saturated carbocycles. The Hall–Kier alpha value is -3.36. The highest BCUT2D eigenvalue weighted by Crippen LogP contribution is 2.27. The summed E-state index contributed by atoms with van der Waals surface area (Å²) in [6, 6.07) is 12.3. The van der Waals surface area contributed by atoms with E-state index in [1.807, 2.05) is 12.1 Å². The van der Waals surface area contributed by atoms with Crippen LogP contribution in [0, 0.1) is 12.8 Å². The molecule has 2 heterocycles. The van der Waals surface area contributed by atoms with Crippen LogP contribution < -0.4 is 20.6 Å². The fourth-order valence-electron chi connectivity index (χ4n) is 4.41. The molecule has 1 aliphatic rings. The summed E-state index contributed by atoms with van der Waals surface area (Å²) in [6.45, 7) is 3.77. The van der Waals surface area contributed by atoms with Crippen molar-refractivity contribution in [3.8, 4) is 22.6 Å². The van der Waals surface area contributed by atoms with Crippen LogP contribution in [0.2, 0.25) is 0 Å². The van der Waals surface area contributed by atoms with E-state index in [9.17, 15) is 14.7 Å². The number of aliphatic hydroxyl groups excluding tert-OH is 1. The molecule has 0 aliphatic carbocycles. The molecule has 3 N–H and O–H groups in total. The third kappa shape index (κ3) is 5.24. The molecule has 1 unspecified atom stereocenters. The van der Waals surface area contributed by atoms with Gasteiger partial charge < -0.3 is 29.6 Å². The predicted molar refractivity (Wildman–Crippen MR) is 129 cm³/mol. The Balaban J connectivity index is 1.42. The monoisotopic (exact) mass is 466 g/mol. The van der Waals surface area contributed by atoms with Crippen LogP contribution in [-0.4, -0.2) is 55.4 Å². The van der Waals surface area contributed by atoms with E-state index >= 15 is 0 Å². The van der Waals surface area contributed by atoms with E-state index in [1.165, 1.54) is 0 Å². The number of aryl methyl sites for hydroxylation is 1. The summed E-state index contributed by atoms with van der Waals surface area (Å²) in [5, 5.41) is 10.9. The van der Waals surface area contributed by atoms with Gasteiger partial charge in [-0.05, 0) is 62.7 Å². The molecular weight excluding hydrogens is 436 g/mol. The van der Waals surface area contributed by atoms with Crippen molar-refractivity contribution in [3.63, 3.8) is 0 Å². The van der Waals surface area contributed by atoms with E-state index in [-0.39, 0.29) is 23.9 Å². The maximum absolute atomic E-state index is 13.2. The highest BCUT2D eigenvalue weighted by molar-refractivity contribution is 5.83. The molecule has 0 bridgehead atoms.